The predicted molar refractivity (Wildman–Crippen MR) is 46.2 cm³/mol. The minimum atomic E-state index is -0.729. The molecule has 1 atom stereocenters. The highest BCUT2D eigenvalue weighted by atomic mass is 79.9. The summed E-state index contributed by atoms with van der Waals surface area (Å²) in [5.74, 6) is 0.333. The molecular weight excluding hydrogens is 243 g/mol. The minimum Gasteiger partial charge on any atom is -0.448 e. The number of ether oxygens (including phenoxy) is 2. The number of hydrogen-bond acceptors (Lipinski definition) is 3. The topological polar surface area (TPSA) is 38.7 Å². The molecule has 0 aromatic heterocycles. The minimum absolute atomic E-state index is 0.261. The lowest BCUT2D eigenvalue weighted by molar-refractivity contribution is -0.00108. The first-order valence-electron chi connectivity index (χ1n) is 3.64. The van der Waals surface area contributed by atoms with E-state index in [0.29, 0.717) is 16.0 Å². The van der Waals surface area contributed by atoms with E-state index >= 15 is 0 Å². The Morgan fingerprint density at radius 2 is 2.23 bits per heavy atom. The van der Waals surface area contributed by atoms with Crippen LogP contribution in [0.4, 0.5) is 4.39 Å². The fraction of sp³-hybridized carbons (Fsp3) is 0.250. The van der Waals surface area contributed by atoms with Gasteiger partial charge in [-0.05, 0) is 22.0 Å². The molecule has 13 heavy (non-hydrogen) atoms. The van der Waals surface area contributed by atoms with E-state index in [-0.39, 0.29) is 6.61 Å². The second-order valence-electron chi connectivity index (χ2n) is 2.56. The van der Waals surface area contributed by atoms with Crippen LogP contribution in [0.25, 0.3) is 0 Å². The summed E-state index contributed by atoms with van der Waals surface area (Å²) >= 11 is 3.13. The molecule has 0 amide bonds. The number of benzene rings is 1. The van der Waals surface area contributed by atoms with E-state index in [1.54, 1.807) is 0 Å². The van der Waals surface area contributed by atoms with Gasteiger partial charge < -0.3 is 14.6 Å². The van der Waals surface area contributed by atoms with Gasteiger partial charge in [-0.3, -0.25) is 0 Å². The zero-order valence-electron chi connectivity index (χ0n) is 6.46. The maximum absolute atomic E-state index is 12.8. The van der Waals surface area contributed by atoms with Crippen molar-refractivity contribution in [3.05, 3.63) is 22.4 Å². The van der Waals surface area contributed by atoms with Crippen LogP contribution >= 0.6 is 15.9 Å². The molecular formula is C8H6BrFO3. The maximum atomic E-state index is 12.8. The van der Waals surface area contributed by atoms with Gasteiger partial charge >= 0.3 is 0 Å². The maximum Gasteiger partial charge on any atom is 0.264 e. The van der Waals surface area contributed by atoms with E-state index in [0.717, 1.165) is 0 Å². The van der Waals surface area contributed by atoms with Crippen LogP contribution in [-0.2, 0) is 0 Å². The highest BCUT2D eigenvalue weighted by Gasteiger charge is 2.26. The van der Waals surface area contributed by atoms with Gasteiger partial charge in [0.05, 0.1) is 4.47 Å². The number of fused-ring (bicyclic) bond motifs is 1. The van der Waals surface area contributed by atoms with Crippen molar-refractivity contribution in [1.82, 2.24) is 0 Å². The van der Waals surface area contributed by atoms with Gasteiger partial charge in [-0.15, -0.1) is 0 Å². The molecule has 0 fully saturated rings. The molecule has 1 aromatic carbocycles. The van der Waals surface area contributed by atoms with E-state index in [1.165, 1.54) is 12.1 Å². The molecule has 0 saturated heterocycles. The zero-order chi connectivity index (χ0) is 9.42. The molecule has 1 aliphatic heterocycles. The molecule has 5 heteroatoms. The molecule has 1 aromatic rings. The highest BCUT2D eigenvalue weighted by Crippen LogP contribution is 2.41. The molecule has 3 nitrogen and oxygen atoms in total. The molecule has 1 heterocycles. The van der Waals surface area contributed by atoms with Crippen LogP contribution in [0.15, 0.2) is 16.6 Å². The highest BCUT2D eigenvalue weighted by molar-refractivity contribution is 9.10. The first-order chi connectivity index (χ1) is 6.20. The Morgan fingerprint density at radius 1 is 1.46 bits per heavy atom. The van der Waals surface area contributed by atoms with Gasteiger partial charge in [0.15, 0.2) is 11.5 Å². The van der Waals surface area contributed by atoms with Crippen LogP contribution in [0.5, 0.6) is 11.5 Å². The average molecular weight is 249 g/mol. The Bertz CT molecular complexity index is 342. The summed E-state index contributed by atoms with van der Waals surface area (Å²) in [6.45, 7) is -0.261. The fourth-order valence-electron chi connectivity index (χ4n) is 1.11. The number of halogens is 2. The van der Waals surface area contributed by atoms with E-state index in [9.17, 15) is 4.39 Å². The first kappa shape index (κ1) is 8.77. The summed E-state index contributed by atoms with van der Waals surface area (Å²) in [6, 6.07) is 2.50. The van der Waals surface area contributed by atoms with Crippen molar-refractivity contribution in [2.24, 2.45) is 0 Å². The quantitative estimate of drug-likeness (QED) is 0.822. The second kappa shape index (κ2) is 3.16. The Labute approximate surface area is 82.2 Å². The molecule has 1 aliphatic rings. The number of rotatable bonds is 1. The van der Waals surface area contributed by atoms with Gasteiger partial charge in [0, 0.05) is 6.07 Å². The van der Waals surface area contributed by atoms with Crippen molar-refractivity contribution in [3.63, 3.8) is 0 Å². The Balaban J connectivity index is 2.40. The second-order valence-corrected chi connectivity index (χ2v) is 3.42. The molecule has 0 aliphatic carbocycles. The fourth-order valence-corrected chi connectivity index (χ4v) is 1.62. The van der Waals surface area contributed by atoms with Crippen molar-refractivity contribution in [3.8, 4) is 11.5 Å². The summed E-state index contributed by atoms with van der Waals surface area (Å²) in [6.07, 6.45) is -0.729. The van der Waals surface area contributed by atoms with Crippen molar-refractivity contribution >= 4 is 15.9 Å². The molecule has 0 bridgehead atoms. The van der Waals surface area contributed by atoms with Crippen LogP contribution in [0, 0.1) is 5.82 Å². The summed E-state index contributed by atoms with van der Waals surface area (Å²) in [5.41, 5.74) is 0. The molecule has 2 rings (SSSR count). The SMILES string of the molecule is OCC1Oc2cc(F)cc(Br)c2O1. The van der Waals surface area contributed by atoms with Crippen LogP contribution in [0.3, 0.4) is 0 Å². The lowest BCUT2D eigenvalue weighted by Crippen LogP contribution is -2.22. The molecule has 0 saturated carbocycles. The lowest BCUT2D eigenvalue weighted by atomic mass is 10.3. The third-order valence-corrected chi connectivity index (χ3v) is 2.22. The third-order valence-electron chi connectivity index (χ3n) is 1.63. The summed E-state index contributed by atoms with van der Waals surface area (Å²) < 4.78 is 23.5. The molecule has 70 valence electrons. The number of aliphatic hydroxyl groups is 1. The normalized spacial score (nSPS) is 19.2. The predicted octanol–water partition coefficient (Wildman–Crippen LogP) is 1.68. The Hall–Kier alpha value is -0.810. The van der Waals surface area contributed by atoms with Gasteiger partial charge in [0.1, 0.15) is 12.4 Å². The van der Waals surface area contributed by atoms with Crippen LogP contribution in [-0.4, -0.2) is 18.0 Å². The van der Waals surface area contributed by atoms with Crippen molar-refractivity contribution in [2.45, 2.75) is 6.29 Å². The smallest absolute Gasteiger partial charge is 0.264 e. The van der Waals surface area contributed by atoms with E-state index in [4.69, 9.17) is 14.6 Å². The summed E-state index contributed by atoms with van der Waals surface area (Å²) in [4.78, 5) is 0. The van der Waals surface area contributed by atoms with Gasteiger partial charge in [-0.2, -0.15) is 0 Å². The average Bonchev–Trinajstić information content (AvgIpc) is 2.47. The van der Waals surface area contributed by atoms with E-state index in [2.05, 4.69) is 15.9 Å². The van der Waals surface area contributed by atoms with Crippen molar-refractivity contribution in [2.75, 3.05) is 6.61 Å². The summed E-state index contributed by atoms with van der Waals surface area (Å²) in [5, 5.41) is 8.74. The largest absolute Gasteiger partial charge is 0.448 e. The number of aliphatic hydroxyl groups excluding tert-OH is 1. The Kier molecular flexibility index (Phi) is 2.13. The molecule has 1 unspecified atom stereocenters. The Morgan fingerprint density at radius 3 is 2.92 bits per heavy atom. The van der Waals surface area contributed by atoms with Gasteiger partial charge in [-0.1, -0.05) is 0 Å². The van der Waals surface area contributed by atoms with Crippen molar-refractivity contribution in [1.29, 1.82) is 0 Å². The van der Waals surface area contributed by atoms with Crippen LogP contribution < -0.4 is 9.47 Å². The van der Waals surface area contributed by atoms with Gasteiger partial charge in [0.2, 0.25) is 0 Å². The first-order valence-corrected chi connectivity index (χ1v) is 4.43. The van der Waals surface area contributed by atoms with E-state index < -0.39 is 12.1 Å². The van der Waals surface area contributed by atoms with Gasteiger partial charge in [0.25, 0.3) is 6.29 Å². The van der Waals surface area contributed by atoms with Crippen LogP contribution in [0.2, 0.25) is 0 Å². The summed E-state index contributed by atoms with van der Waals surface area (Å²) in [7, 11) is 0. The van der Waals surface area contributed by atoms with E-state index in [1.807, 2.05) is 0 Å². The molecule has 1 N–H and O–H groups in total. The van der Waals surface area contributed by atoms with Crippen molar-refractivity contribution < 1.29 is 19.0 Å². The lowest BCUT2D eigenvalue weighted by Gasteiger charge is -2.04. The van der Waals surface area contributed by atoms with Crippen LogP contribution in [0.1, 0.15) is 0 Å². The number of hydrogen-bond donors (Lipinski definition) is 1. The standard InChI is InChI=1S/C8H6BrFO3/c9-5-1-4(10)2-6-8(5)13-7(3-11)12-6/h1-2,7,11H,3H2. The monoisotopic (exact) mass is 248 g/mol. The molecule has 0 radical (unpaired) electrons. The molecule has 0 spiro atoms. The third kappa shape index (κ3) is 1.49. The zero-order valence-corrected chi connectivity index (χ0v) is 8.04. The van der Waals surface area contributed by atoms with Gasteiger partial charge in [-0.25, -0.2) is 4.39 Å².